The van der Waals surface area contributed by atoms with Crippen LogP contribution in [0.25, 0.3) is 0 Å². The van der Waals surface area contributed by atoms with Crippen molar-refractivity contribution in [3.63, 3.8) is 0 Å². The topological polar surface area (TPSA) is 63.3 Å². The number of halogens is 4. The van der Waals surface area contributed by atoms with Crippen LogP contribution in [0.2, 0.25) is 5.02 Å². The van der Waals surface area contributed by atoms with Crippen LogP contribution in [0.4, 0.5) is 13.2 Å². The van der Waals surface area contributed by atoms with Crippen LogP contribution in [0.3, 0.4) is 0 Å². The fourth-order valence-electron chi connectivity index (χ4n) is 0.950. The third kappa shape index (κ3) is 2.05. The van der Waals surface area contributed by atoms with E-state index >= 15 is 0 Å². The van der Waals surface area contributed by atoms with Crippen LogP contribution in [-0.4, -0.2) is 11.1 Å². The zero-order valence-corrected chi connectivity index (χ0v) is 7.86. The molecule has 0 aromatic heterocycles. The first-order valence-electron chi connectivity index (χ1n) is 3.67. The Balaban J connectivity index is 3.38. The number of carboxylic acids is 1. The average Bonchev–Trinajstić information content (AvgIpc) is 2.19. The second kappa shape index (κ2) is 4.08. The normalized spacial score (nSPS) is 12.6. The van der Waals surface area contributed by atoms with Crippen molar-refractivity contribution >= 4 is 17.6 Å². The standard InChI is InChI=1S/C8H5ClF3NO2/c9-4-5(11)2(7(13)8(14)15)1-3(10)6(4)12/h1,7H,13H2,(H,14,15). The van der Waals surface area contributed by atoms with Crippen molar-refractivity contribution in [2.45, 2.75) is 6.04 Å². The molecule has 1 unspecified atom stereocenters. The number of hydrogen-bond acceptors (Lipinski definition) is 2. The predicted molar refractivity (Wildman–Crippen MR) is 45.9 cm³/mol. The number of aliphatic carboxylic acids is 1. The molecule has 0 aliphatic rings. The molecule has 0 saturated carbocycles. The zero-order valence-electron chi connectivity index (χ0n) is 7.10. The molecule has 0 heterocycles. The predicted octanol–water partition coefficient (Wildman–Crippen LogP) is 1.84. The number of carbonyl (C=O) groups is 1. The van der Waals surface area contributed by atoms with Gasteiger partial charge in [-0.1, -0.05) is 11.6 Å². The Bertz CT molecular complexity index is 425. The summed E-state index contributed by atoms with van der Waals surface area (Å²) in [6.45, 7) is 0. The summed E-state index contributed by atoms with van der Waals surface area (Å²) >= 11 is 5.10. The van der Waals surface area contributed by atoms with Gasteiger partial charge in [0, 0.05) is 5.56 Å². The summed E-state index contributed by atoms with van der Waals surface area (Å²) in [5, 5.41) is 7.35. The highest BCUT2D eigenvalue weighted by atomic mass is 35.5. The summed E-state index contributed by atoms with van der Waals surface area (Å²) < 4.78 is 38.6. The monoisotopic (exact) mass is 239 g/mol. The molecule has 3 nitrogen and oxygen atoms in total. The van der Waals surface area contributed by atoms with Crippen LogP contribution in [0, 0.1) is 17.5 Å². The van der Waals surface area contributed by atoms with Gasteiger partial charge in [-0.3, -0.25) is 4.79 Å². The summed E-state index contributed by atoms with van der Waals surface area (Å²) in [5.41, 5.74) is 4.34. The molecule has 1 rings (SSSR count). The Labute approximate surface area is 87.3 Å². The van der Waals surface area contributed by atoms with E-state index in [1.165, 1.54) is 0 Å². The lowest BCUT2D eigenvalue weighted by Gasteiger charge is -2.09. The van der Waals surface area contributed by atoms with E-state index in [1.54, 1.807) is 0 Å². The molecule has 1 aromatic rings. The Kier molecular flexibility index (Phi) is 3.21. The minimum Gasteiger partial charge on any atom is -0.480 e. The van der Waals surface area contributed by atoms with E-state index in [1.807, 2.05) is 0 Å². The maximum atomic E-state index is 13.2. The molecule has 0 spiro atoms. The first-order valence-corrected chi connectivity index (χ1v) is 4.05. The van der Waals surface area contributed by atoms with Crippen molar-refractivity contribution < 1.29 is 23.1 Å². The number of rotatable bonds is 2. The van der Waals surface area contributed by atoms with Crippen LogP contribution in [0.1, 0.15) is 11.6 Å². The maximum Gasteiger partial charge on any atom is 0.325 e. The van der Waals surface area contributed by atoms with E-state index in [2.05, 4.69) is 0 Å². The molecule has 0 bridgehead atoms. The van der Waals surface area contributed by atoms with Crippen LogP contribution >= 0.6 is 11.6 Å². The van der Waals surface area contributed by atoms with Crippen molar-refractivity contribution in [1.29, 1.82) is 0 Å². The Morgan fingerprint density at radius 2 is 1.93 bits per heavy atom. The molecule has 0 fully saturated rings. The largest absolute Gasteiger partial charge is 0.480 e. The van der Waals surface area contributed by atoms with Crippen LogP contribution < -0.4 is 5.73 Å². The molecule has 82 valence electrons. The van der Waals surface area contributed by atoms with Gasteiger partial charge in [0.1, 0.15) is 16.9 Å². The van der Waals surface area contributed by atoms with E-state index < -0.39 is 40.0 Å². The van der Waals surface area contributed by atoms with Crippen molar-refractivity contribution in [1.82, 2.24) is 0 Å². The molecule has 3 N–H and O–H groups in total. The van der Waals surface area contributed by atoms with Crippen LogP contribution in [0.5, 0.6) is 0 Å². The second-order valence-corrected chi connectivity index (χ2v) is 3.08. The minimum absolute atomic E-state index is 0.370. The summed E-state index contributed by atoms with van der Waals surface area (Å²) in [6.07, 6.45) is 0. The number of carboxylic acid groups (broad SMARTS) is 1. The summed E-state index contributed by atoms with van der Waals surface area (Å²) in [5.74, 6) is -5.97. The van der Waals surface area contributed by atoms with Gasteiger partial charge in [0.25, 0.3) is 0 Å². The lowest BCUT2D eigenvalue weighted by Crippen LogP contribution is -2.22. The number of benzene rings is 1. The smallest absolute Gasteiger partial charge is 0.325 e. The third-order valence-electron chi connectivity index (χ3n) is 1.73. The van der Waals surface area contributed by atoms with E-state index in [0.29, 0.717) is 6.07 Å². The first-order chi connectivity index (χ1) is 6.86. The molecule has 1 atom stereocenters. The lowest BCUT2D eigenvalue weighted by atomic mass is 10.1. The quantitative estimate of drug-likeness (QED) is 0.611. The van der Waals surface area contributed by atoms with Crippen molar-refractivity contribution in [2.24, 2.45) is 5.73 Å². The van der Waals surface area contributed by atoms with Gasteiger partial charge in [-0.05, 0) is 6.07 Å². The van der Waals surface area contributed by atoms with E-state index in [9.17, 15) is 18.0 Å². The lowest BCUT2D eigenvalue weighted by molar-refractivity contribution is -0.138. The minimum atomic E-state index is -1.79. The Morgan fingerprint density at radius 3 is 2.40 bits per heavy atom. The van der Waals surface area contributed by atoms with E-state index in [-0.39, 0.29) is 0 Å². The summed E-state index contributed by atoms with van der Waals surface area (Å²) in [6, 6.07) is -1.42. The molecule has 0 aliphatic heterocycles. The van der Waals surface area contributed by atoms with Gasteiger partial charge in [-0.25, -0.2) is 13.2 Å². The van der Waals surface area contributed by atoms with Gasteiger partial charge in [-0.15, -0.1) is 0 Å². The van der Waals surface area contributed by atoms with Crippen LogP contribution in [-0.2, 0) is 4.79 Å². The molecule has 0 aliphatic carbocycles. The summed E-state index contributed by atoms with van der Waals surface area (Å²) in [4.78, 5) is 10.4. The summed E-state index contributed by atoms with van der Waals surface area (Å²) in [7, 11) is 0. The van der Waals surface area contributed by atoms with Gasteiger partial charge < -0.3 is 10.8 Å². The molecule has 0 radical (unpaired) electrons. The molecule has 0 saturated heterocycles. The average molecular weight is 240 g/mol. The van der Waals surface area contributed by atoms with Gasteiger partial charge in [0.15, 0.2) is 11.6 Å². The van der Waals surface area contributed by atoms with E-state index in [0.717, 1.165) is 0 Å². The van der Waals surface area contributed by atoms with Gasteiger partial charge in [0.05, 0.1) is 0 Å². The van der Waals surface area contributed by atoms with Gasteiger partial charge in [0.2, 0.25) is 0 Å². The second-order valence-electron chi connectivity index (χ2n) is 2.71. The molecule has 7 heteroatoms. The van der Waals surface area contributed by atoms with Crippen LogP contribution in [0.15, 0.2) is 6.07 Å². The van der Waals surface area contributed by atoms with Crippen molar-refractivity contribution in [2.75, 3.05) is 0 Å². The SMILES string of the molecule is NC(C(=O)O)c1cc(F)c(F)c(Cl)c1F. The number of nitrogens with two attached hydrogens (primary N) is 1. The fourth-order valence-corrected chi connectivity index (χ4v) is 1.15. The highest BCUT2D eigenvalue weighted by molar-refractivity contribution is 6.31. The zero-order chi connectivity index (χ0) is 11.7. The third-order valence-corrected chi connectivity index (χ3v) is 2.06. The maximum absolute atomic E-state index is 13.2. The Morgan fingerprint density at radius 1 is 1.40 bits per heavy atom. The Hall–Kier alpha value is -1.27. The van der Waals surface area contributed by atoms with Gasteiger partial charge in [-0.2, -0.15) is 0 Å². The molecule has 1 aromatic carbocycles. The molecular formula is C8H5ClF3NO2. The van der Waals surface area contributed by atoms with Gasteiger partial charge >= 0.3 is 5.97 Å². The van der Waals surface area contributed by atoms with Crippen molar-refractivity contribution in [3.05, 3.63) is 34.1 Å². The highest BCUT2D eigenvalue weighted by Gasteiger charge is 2.24. The first kappa shape index (κ1) is 11.8. The van der Waals surface area contributed by atoms with Crippen molar-refractivity contribution in [3.8, 4) is 0 Å². The molecule has 15 heavy (non-hydrogen) atoms. The highest BCUT2D eigenvalue weighted by Crippen LogP contribution is 2.27. The number of hydrogen-bond donors (Lipinski definition) is 2. The molecular weight excluding hydrogens is 235 g/mol. The van der Waals surface area contributed by atoms with E-state index in [4.69, 9.17) is 22.4 Å². The fraction of sp³-hybridized carbons (Fsp3) is 0.125. The molecule has 0 amide bonds.